The normalized spacial score (nSPS) is 24.4. The second-order valence-corrected chi connectivity index (χ2v) is 6.04. The Morgan fingerprint density at radius 2 is 2.18 bits per heavy atom. The summed E-state index contributed by atoms with van der Waals surface area (Å²) in [6.07, 6.45) is 0.179. The van der Waals surface area contributed by atoms with Crippen LogP contribution in [0, 0.1) is 18.8 Å². The van der Waals surface area contributed by atoms with Crippen molar-refractivity contribution in [2.75, 3.05) is 0 Å². The van der Waals surface area contributed by atoms with Gasteiger partial charge in [-0.2, -0.15) is 0 Å². The average Bonchev–Trinajstić information content (AvgIpc) is 2.77. The lowest BCUT2D eigenvalue weighted by Gasteiger charge is -2.02. The number of hydrogen-bond donors (Lipinski definition) is 1. The SMILES string of the molecule is [B]C(C)C1C(Cc2ccc3oc(C)c(C(=O)O)c3c2)C1(F)F. The van der Waals surface area contributed by atoms with Gasteiger partial charge >= 0.3 is 5.97 Å². The predicted molar refractivity (Wildman–Crippen MR) is 78.7 cm³/mol. The molecule has 3 unspecified atom stereocenters. The van der Waals surface area contributed by atoms with Gasteiger partial charge in [0.25, 0.3) is 5.92 Å². The van der Waals surface area contributed by atoms with Gasteiger partial charge in [-0.3, -0.25) is 0 Å². The Bertz CT molecular complexity index is 751. The van der Waals surface area contributed by atoms with Gasteiger partial charge in [-0.05, 0) is 31.0 Å². The summed E-state index contributed by atoms with van der Waals surface area (Å²) in [5.74, 6) is -5.68. The lowest BCUT2D eigenvalue weighted by molar-refractivity contribution is 0.0696. The first-order valence-electron chi connectivity index (χ1n) is 7.12. The second-order valence-electron chi connectivity index (χ2n) is 6.04. The molecule has 0 saturated heterocycles. The molecule has 0 amide bonds. The number of halogens is 2. The molecule has 3 atom stereocenters. The number of benzene rings is 1. The second kappa shape index (κ2) is 4.83. The van der Waals surface area contributed by atoms with Crippen molar-refractivity contribution in [2.45, 2.75) is 32.0 Å². The highest BCUT2D eigenvalue weighted by atomic mass is 19.3. The summed E-state index contributed by atoms with van der Waals surface area (Å²) in [4.78, 5) is 11.3. The highest BCUT2D eigenvalue weighted by molar-refractivity contribution is 6.11. The Balaban J connectivity index is 1.93. The molecule has 2 radical (unpaired) electrons. The van der Waals surface area contributed by atoms with E-state index >= 15 is 0 Å². The molecule has 3 nitrogen and oxygen atoms in total. The van der Waals surface area contributed by atoms with E-state index in [0.29, 0.717) is 22.3 Å². The molecule has 2 aromatic rings. The number of furan rings is 1. The summed E-state index contributed by atoms with van der Waals surface area (Å²) < 4.78 is 32.8. The summed E-state index contributed by atoms with van der Waals surface area (Å²) >= 11 is 0. The third-order valence-electron chi connectivity index (χ3n) is 4.43. The van der Waals surface area contributed by atoms with Crippen molar-refractivity contribution in [2.24, 2.45) is 11.8 Å². The van der Waals surface area contributed by atoms with Crippen LogP contribution in [0.15, 0.2) is 22.6 Å². The van der Waals surface area contributed by atoms with E-state index in [1.807, 2.05) is 0 Å². The molecule has 6 heteroatoms. The first-order valence-corrected chi connectivity index (χ1v) is 7.12. The monoisotopic (exact) mass is 304 g/mol. The number of aryl methyl sites for hydroxylation is 1. The molecule has 1 aliphatic rings. The zero-order valence-corrected chi connectivity index (χ0v) is 12.3. The van der Waals surface area contributed by atoms with Gasteiger partial charge < -0.3 is 9.52 Å². The third kappa shape index (κ3) is 2.21. The topological polar surface area (TPSA) is 50.4 Å². The molecule has 22 heavy (non-hydrogen) atoms. The van der Waals surface area contributed by atoms with Crippen LogP contribution >= 0.6 is 0 Å². The quantitative estimate of drug-likeness (QED) is 0.873. The van der Waals surface area contributed by atoms with Crippen LogP contribution in [-0.2, 0) is 6.42 Å². The molecule has 1 aromatic carbocycles. The molecule has 0 spiro atoms. The van der Waals surface area contributed by atoms with Gasteiger partial charge in [-0.25, -0.2) is 13.6 Å². The van der Waals surface area contributed by atoms with E-state index in [-0.39, 0.29) is 12.0 Å². The van der Waals surface area contributed by atoms with Crippen molar-refractivity contribution >= 4 is 24.8 Å². The van der Waals surface area contributed by atoms with E-state index in [9.17, 15) is 18.7 Å². The number of carboxylic acid groups (broad SMARTS) is 1. The van der Waals surface area contributed by atoms with Gasteiger partial charge in [0.1, 0.15) is 16.9 Å². The fourth-order valence-electron chi connectivity index (χ4n) is 3.31. The van der Waals surface area contributed by atoms with Gasteiger partial charge in [0.15, 0.2) is 0 Å². The van der Waals surface area contributed by atoms with Gasteiger partial charge in [0.05, 0.1) is 7.85 Å². The van der Waals surface area contributed by atoms with Crippen LogP contribution in [0.25, 0.3) is 11.0 Å². The van der Waals surface area contributed by atoms with Crippen molar-refractivity contribution < 1.29 is 23.1 Å². The number of carbonyl (C=O) groups is 1. The molecule has 0 aliphatic heterocycles. The Labute approximate surface area is 127 Å². The molecular weight excluding hydrogens is 289 g/mol. The minimum Gasteiger partial charge on any atom is -0.478 e. The van der Waals surface area contributed by atoms with Crippen LogP contribution in [0.4, 0.5) is 8.78 Å². The van der Waals surface area contributed by atoms with Crippen LogP contribution in [-0.4, -0.2) is 24.8 Å². The maximum absolute atomic E-state index is 13.7. The molecule has 1 aliphatic carbocycles. The van der Waals surface area contributed by atoms with Crippen LogP contribution in [0.2, 0.25) is 5.82 Å². The van der Waals surface area contributed by atoms with E-state index in [1.54, 1.807) is 32.0 Å². The number of hydrogen-bond acceptors (Lipinski definition) is 2. The van der Waals surface area contributed by atoms with Gasteiger partial charge in [0, 0.05) is 17.2 Å². The Morgan fingerprint density at radius 3 is 2.73 bits per heavy atom. The van der Waals surface area contributed by atoms with E-state index in [2.05, 4.69) is 0 Å². The average molecular weight is 304 g/mol. The first-order chi connectivity index (χ1) is 10.2. The molecule has 3 rings (SSSR count). The molecule has 1 fully saturated rings. The Morgan fingerprint density at radius 1 is 1.50 bits per heavy atom. The van der Waals surface area contributed by atoms with E-state index in [1.165, 1.54) is 0 Å². The minimum absolute atomic E-state index is 0.0863. The van der Waals surface area contributed by atoms with Crippen molar-refractivity contribution in [1.29, 1.82) is 0 Å². The van der Waals surface area contributed by atoms with E-state index in [4.69, 9.17) is 12.3 Å². The zero-order chi connectivity index (χ0) is 16.2. The maximum atomic E-state index is 13.7. The molecule has 1 N–H and O–H groups in total. The number of fused-ring (bicyclic) bond motifs is 1. The molecular formula is C16H15BF2O3. The molecule has 1 aromatic heterocycles. The highest BCUT2D eigenvalue weighted by Crippen LogP contribution is 2.61. The lowest BCUT2D eigenvalue weighted by Crippen LogP contribution is -1.99. The third-order valence-corrected chi connectivity index (χ3v) is 4.43. The predicted octanol–water partition coefficient (Wildman–Crippen LogP) is 3.84. The van der Waals surface area contributed by atoms with Crippen molar-refractivity contribution in [1.82, 2.24) is 0 Å². The highest BCUT2D eigenvalue weighted by Gasteiger charge is 2.67. The van der Waals surface area contributed by atoms with Gasteiger partial charge in [-0.1, -0.05) is 18.8 Å². The van der Waals surface area contributed by atoms with Crippen molar-refractivity contribution in [3.8, 4) is 0 Å². The van der Waals surface area contributed by atoms with E-state index < -0.39 is 29.5 Å². The Hall–Kier alpha value is -1.85. The summed E-state index contributed by atoms with van der Waals surface area (Å²) in [6.45, 7) is 3.16. The van der Waals surface area contributed by atoms with Crippen molar-refractivity contribution in [3.05, 3.63) is 35.1 Å². The summed E-state index contributed by atoms with van der Waals surface area (Å²) in [5, 5.41) is 9.69. The molecule has 1 saturated carbocycles. The molecule has 0 bridgehead atoms. The first kappa shape index (κ1) is 15.1. The minimum atomic E-state index is -2.74. The Kier molecular flexibility index (Phi) is 3.31. The zero-order valence-electron chi connectivity index (χ0n) is 12.3. The summed E-state index contributed by atoms with van der Waals surface area (Å²) in [5.41, 5.74) is 1.21. The molecule has 114 valence electrons. The van der Waals surface area contributed by atoms with E-state index in [0.717, 1.165) is 0 Å². The van der Waals surface area contributed by atoms with Crippen LogP contribution < -0.4 is 0 Å². The van der Waals surface area contributed by atoms with Gasteiger partial charge in [-0.15, -0.1) is 0 Å². The fraction of sp³-hybridized carbons (Fsp3) is 0.438. The number of rotatable bonds is 4. The van der Waals surface area contributed by atoms with Crippen LogP contribution in [0.5, 0.6) is 0 Å². The summed E-state index contributed by atoms with van der Waals surface area (Å²) in [7, 11) is 5.60. The smallest absolute Gasteiger partial charge is 0.339 e. The van der Waals surface area contributed by atoms with Crippen LogP contribution in [0.3, 0.4) is 0 Å². The van der Waals surface area contributed by atoms with Gasteiger partial charge in [0.2, 0.25) is 0 Å². The fourth-order valence-corrected chi connectivity index (χ4v) is 3.31. The largest absolute Gasteiger partial charge is 0.478 e. The molecule has 1 heterocycles. The number of carboxylic acids is 1. The number of alkyl halides is 2. The summed E-state index contributed by atoms with van der Waals surface area (Å²) in [6, 6.07) is 4.96. The van der Waals surface area contributed by atoms with Crippen LogP contribution in [0.1, 0.15) is 28.6 Å². The lowest BCUT2D eigenvalue weighted by atomic mass is 9.83. The maximum Gasteiger partial charge on any atom is 0.339 e. The number of aromatic carboxylic acids is 1. The van der Waals surface area contributed by atoms with Crippen molar-refractivity contribution in [3.63, 3.8) is 0 Å². The standard InChI is InChI=1S/C16H15BF2O3/c1-7(17)14-11(16(14,18)19)6-9-3-4-12-10(5-9)13(15(20)21)8(2)22-12/h3-5,7,11,14H,6H2,1-2H3,(H,20,21).